The first-order valence-electron chi connectivity index (χ1n) is 5.11. The maximum absolute atomic E-state index is 8.59. The van der Waals surface area contributed by atoms with Crippen molar-refractivity contribution in [2.45, 2.75) is 13.0 Å². The lowest BCUT2D eigenvalue weighted by Gasteiger charge is -2.13. The fraction of sp³-hybridized carbons (Fsp3) is 0.385. The van der Waals surface area contributed by atoms with Gasteiger partial charge in [0.15, 0.2) is 0 Å². The summed E-state index contributed by atoms with van der Waals surface area (Å²) in [4.78, 5) is 0. The predicted octanol–water partition coefficient (Wildman–Crippen LogP) is 1.44. The number of methoxy groups -OCH3 is 1. The van der Waals surface area contributed by atoms with E-state index in [9.17, 15) is 0 Å². The van der Waals surface area contributed by atoms with Gasteiger partial charge in [0.05, 0.1) is 6.61 Å². The first kappa shape index (κ1) is 12.6. The molecule has 0 aromatic heterocycles. The van der Waals surface area contributed by atoms with Crippen LogP contribution in [0.1, 0.15) is 12.5 Å². The van der Waals surface area contributed by atoms with Crippen molar-refractivity contribution in [2.24, 2.45) is 0 Å². The number of ether oxygens (including phenoxy) is 2. The number of hydrogen-bond donors (Lipinski definition) is 1. The van der Waals surface area contributed by atoms with Crippen molar-refractivity contribution in [3.63, 3.8) is 0 Å². The molecule has 16 heavy (non-hydrogen) atoms. The van der Waals surface area contributed by atoms with Gasteiger partial charge in [-0.1, -0.05) is 17.9 Å². The zero-order valence-corrected chi connectivity index (χ0v) is 9.56. The normalized spacial score (nSPS) is 11.4. The van der Waals surface area contributed by atoms with Gasteiger partial charge in [0, 0.05) is 12.7 Å². The van der Waals surface area contributed by atoms with E-state index in [2.05, 4.69) is 11.8 Å². The molecule has 1 atom stereocenters. The number of hydrogen-bond acceptors (Lipinski definition) is 3. The van der Waals surface area contributed by atoms with Crippen molar-refractivity contribution in [1.82, 2.24) is 0 Å². The fourth-order valence-electron chi connectivity index (χ4n) is 1.29. The first-order valence-corrected chi connectivity index (χ1v) is 5.11. The molecule has 1 unspecified atom stereocenters. The number of rotatable bonds is 4. The Labute approximate surface area is 96.0 Å². The summed E-state index contributed by atoms with van der Waals surface area (Å²) in [7, 11) is 1.64. The van der Waals surface area contributed by atoms with Gasteiger partial charge in [0.25, 0.3) is 0 Å². The van der Waals surface area contributed by atoms with Gasteiger partial charge in [-0.15, -0.1) is 0 Å². The molecule has 3 heteroatoms. The topological polar surface area (TPSA) is 38.7 Å². The van der Waals surface area contributed by atoms with Gasteiger partial charge in [-0.05, 0) is 25.1 Å². The average molecular weight is 220 g/mol. The molecule has 0 aliphatic carbocycles. The van der Waals surface area contributed by atoms with Crippen LogP contribution in [0.4, 0.5) is 0 Å². The van der Waals surface area contributed by atoms with Crippen molar-refractivity contribution in [3.05, 3.63) is 29.8 Å². The molecule has 3 nitrogen and oxygen atoms in total. The van der Waals surface area contributed by atoms with Crippen molar-refractivity contribution in [1.29, 1.82) is 0 Å². The van der Waals surface area contributed by atoms with E-state index in [0.717, 1.165) is 11.3 Å². The molecule has 0 spiro atoms. The van der Waals surface area contributed by atoms with E-state index in [-0.39, 0.29) is 12.7 Å². The summed E-state index contributed by atoms with van der Waals surface area (Å²) < 4.78 is 10.6. The number of aliphatic hydroxyl groups is 1. The lowest BCUT2D eigenvalue weighted by molar-refractivity contribution is 0.0921. The van der Waals surface area contributed by atoms with Gasteiger partial charge in [0.2, 0.25) is 0 Å². The maximum Gasteiger partial charge on any atom is 0.121 e. The zero-order chi connectivity index (χ0) is 11.8. The van der Waals surface area contributed by atoms with Crippen molar-refractivity contribution in [2.75, 3.05) is 20.3 Å². The van der Waals surface area contributed by atoms with Crippen molar-refractivity contribution >= 4 is 0 Å². The van der Waals surface area contributed by atoms with E-state index in [1.165, 1.54) is 0 Å². The highest BCUT2D eigenvalue weighted by molar-refractivity contribution is 5.39. The van der Waals surface area contributed by atoms with E-state index in [0.29, 0.717) is 6.61 Å². The summed E-state index contributed by atoms with van der Waals surface area (Å²) in [5.74, 6) is 6.18. The smallest absolute Gasteiger partial charge is 0.121 e. The molecule has 0 bridgehead atoms. The summed E-state index contributed by atoms with van der Waals surface area (Å²) in [6.45, 7) is 2.35. The highest BCUT2D eigenvalue weighted by Gasteiger charge is 2.02. The molecule has 1 N–H and O–H groups in total. The van der Waals surface area contributed by atoms with Crippen LogP contribution in [0.25, 0.3) is 0 Å². The summed E-state index contributed by atoms with van der Waals surface area (Å²) in [6.07, 6.45) is 0.00560. The van der Waals surface area contributed by atoms with Gasteiger partial charge >= 0.3 is 0 Å². The summed E-state index contributed by atoms with van der Waals surface area (Å²) >= 11 is 0. The van der Waals surface area contributed by atoms with Crippen LogP contribution in [-0.4, -0.2) is 31.5 Å². The molecular weight excluding hydrogens is 204 g/mol. The predicted molar refractivity (Wildman–Crippen MR) is 62.4 cm³/mol. The Morgan fingerprint density at radius 2 is 2.25 bits per heavy atom. The molecule has 1 rings (SSSR count). The van der Waals surface area contributed by atoms with E-state index < -0.39 is 0 Å². The summed E-state index contributed by atoms with van der Waals surface area (Å²) in [5.41, 5.74) is 0.830. The molecule has 0 saturated heterocycles. The van der Waals surface area contributed by atoms with Crippen LogP contribution in [0, 0.1) is 11.8 Å². The second-order valence-corrected chi connectivity index (χ2v) is 3.37. The SMILES string of the molecule is COCC(C)Oc1cccc(C#CCO)c1. The van der Waals surface area contributed by atoms with Crippen LogP contribution in [-0.2, 0) is 4.74 Å². The molecule has 1 aromatic carbocycles. The molecule has 0 aliphatic heterocycles. The minimum Gasteiger partial charge on any atom is -0.488 e. The van der Waals surface area contributed by atoms with Gasteiger partial charge in [-0.3, -0.25) is 0 Å². The Bertz CT molecular complexity index is 376. The van der Waals surface area contributed by atoms with Gasteiger partial charge < -0.3 is 14.6 Å². The third-order valence-corrected chi connectivity index (χ3v) is 1.88. The van der Waals surface area contributed by atoms with Crippen molar-refractivity contribution in [3.8, 4) is 17.6 Å². The largest absolute Gasteiger partial charge is 0.488 e. The fourth-order valence-corrected chi connectivity index (χ4v) is 1.29. The first-order chi connectivity index (χ1) is 7.76. The molecule has 0 heterocycles. The highest BCUT2D eigenvalue weighted by Crippen LogP contribution is 2.14. The van der Waals surface area contributed by atoms with Gasteiger partial charge in [-0.25, -0.2) is 0 Å². The molecule has 0 amide bonds. The molecule has 86 valence electrons. The van der Waals surface area contributed by atoms with Gasteiger partial charge in [0.1, 0.15) is 18.5 Å². The molecule has 1 aromatic rings. The zero-order valence-electron chi connectivity index (χ0n) is 9.56. The summed E-state index contributed by atoms with van der Waals surface area (Å²) in [6, 6.07) is 7.46. The Kier molecular flexibility index (Phi) is 5.41. The third kappa shape index (κ3) is 4.35. The third-order valence-electron chi connectivity index (χ3n) is 1.88. The quantitative estimate of drug-likeness (QED) is 0.780. The van der Waals surface area contributed by atoms with Crippen molar-refractivity contribution < 1.29 is 14.6 Å². The molecule has 0 aliphatic rings. The van der Waals surface area contributed by atoms with Gasteiger partial charge in [-0.2, -0.15) is 0 Å². The minimum atomic E-state index is -0.134. The maximum atomic E-state index is 8.59. The van der Waals surface area contributed by atoms with E-state index in [1.54, 1.807) is 7.11 Å². The lowest BCUT2D eigenvalue weighted by Crippen LogP contribution is -2.17. The number of aliphatic hydroxyl groups excluding tert-OH is 1. The van der Waals surface area contributed by atoms with Crippen LogP contribution < -0.4 is 4.74 Å². The molecular formula is C13H16O3. The lowest BCUT2D eigenvalue weighted by atomic mass is 10.2. The monoisotopic (exact) mass is 220 g/mol. The summed E-state index contributed by atoms with van der Waals surface area (Å²) in [5, 5.41) is 8.59. The number of benzene rings is 1. The Hall–Kier alpha value is -1.50. The van der Waals surface area contributed by atoms with Crippen LogP contribution >= 0.6 is 0 Å². The highest BCUT2D eigenvalue weighted by atomic mass is 16.5. The van der Waals surface area contributed by atoms with Crippen LogP contribution in [0.2, 0.25) is 0 Å². The average Bonchev–Trinajstić information content (AvgIpc) is 2.27. The standard InChI is InChI=1S/C13H16O3/c1-11(10-15-2)16-13-7-3-5-12(9-13)6-4-8-14/h3,5,7,9,11,14H,8,10H2,1-2H3. The Morgan fingerprint density at radius 1 is 1.44 bits per heavy atom. The second kappa shape index (κ2) is 6.89. The van der Waals surface area contributed by atoms with E-state index in [1.807, 2.05) is 31.2 Å². The van der Waals surface area contributed by atoms with Crippen LogP contribution in [0.5, 0.6) is 5.75 Å². The Balaban J connectivity index is 2.67. The van der Waals surface area contributed by atoms with Crippen LogP contribution in [0.15, 0.2) is 24.3 Å². The molecule has 0 saturated carbocycles. The molecule has 0 radical (unpaired) electrons. The molecule has 0 fully saturated rings. The second-order valence-electron chi connectivity index (χ2n) is 3.37. The van der Waals surface area contributed by atoms with Crippen LogP contribution in [0.3, 0.4) is 0 Å². The minimum absolute atomic E-state index is 0.00560. The van der Waals surface area contributed by atoms with E-state index in [4.69, 9.17) is 14.6 Å². The van der Waals surface area contributed by atoms with E-state index >= 15 is 0 Å². The Morgan fingerprint density at radius 3 is 2.94 bits per heavy atom.